The number of fused-ring (bicyclic) bond motifs is 5. The Hall–Kier alpha value is -1.70. The van der Waals surface area contributed by atoms with E-state index in [0.29, 0.717) is 37.2 Å². The van der Waals surface area contributed by atoms with Crippen molar-refractivity contribution in [2.75, 3.05) is 7.11 Å². The molecule has 39 heavy (non-hydrogen) atoms. The van der Waals surface area contributed by atoms with E-state index in [9.17, 15) is 19.8 Å². The second-order valence-electron chi connectivity index (χ2n) is 14.0. The number of nitrogens with one attached hydrogen (secondary N) is 1. The smallest absolute Gasteiger partial charge is 0.303 e. The summed E-state index contributed by atoms with van der Waals surface area (Å²) < 4.78 is 5.99. The van der Waals surface area contributed by atoms with E-state index in [-0.39, 0.29) is 52.0 Å². The first-order chi connectivity index (χ1) is 18.2. The molecule has 4 rings (SSSR count). The highest BCUT2D eigenvalue weighted by Crippen LogP contribution is 2.74. The molecule has 0 unspecified atom stereocenters. The average molecular weight is 546 g/mol. The predicted octanol–water partition coefficient (Wildman–Crippen LogP) is 5.26. The van der Waals surface area contributed by atoms with Crippen LogP contribution in [0.2, 0.25) is 0 Å². The summed E-state index contributed by atoms with van der Waals surface area (Å²) in [7, 11) is 1.43. The van der Waals surface area contributed by atoms with Crippen LogP contribution in [0.3, 0.4) is 0 Å². The van der Waals surface area contributed by atoms with E-state index in [1.54, 1.807) is 0 Å². The summed E-state index contributed by atoms with van der Waals surface area (Å²) in [4.78, 5) is 30.8. The molecule has 0 aromatic carbocycles. The molecular formula is C32H51NO6. The van der Waals surface area contributed by atoms with Crippen LogP contribution in [0.5, 0.6) is 0 Å². The SMILES string of the molecule is CONC(=O)/C(CCC=C(C)C)=C1\[C@@H](OC(C)=O)C[C@@]2(C)[C@H]1C[C@@H](O)[C@H]1[C@@]3(C)CC[C@@H](O)[C@@H](C)[C@@H]3CC[C@@]12C. The third kappa shape index (κ3) is 4.91. The van der Waals surface area contributed by atoms with Crippen LogP contribution in [-0.2, 0) is 19.2 Å². The Morgan fingerprint density at radius 1 is 1.05 bits per heavy atom. The Morgan fingerprint density at radius 2 is 1.74 bits per heavy atom. The minimum atomic E-state index is -0.543. The number of hydroxylamine groups is 1. The maximum absolute atomic E-state index is 13.4. The highest BCUT2D eigenvalue weighted by Gasteiger charge is 2.70. The zero-order chi connectivity index (χ0) is 28.9. The first kappa shape index (κ1) is 30.3. The van der Waals surface area contributed by atoms with Gasteiger partial charge in [-0.25, -0.2) is 5.48 Å². The summed E-state index contributed by atoms with van der Waals surface area (Å²) in [6.45, 7) is 14.7. The zero-order valence-corrected chi connectivity index (χ0v) is 25.3. The number of esters is 1. The number of carbonyl (C=O) groups is 2. The van der Waals surface area contributed by atoms with Gasteiger partial charge in [0.25, 0.3) is 5.91 Å². The molecule has 0 aliphatic heterocycles. The molecule has 3 N–H and O–H groups in total. The molecular weight excluding hydrogens is 494 g/mol. The summed E-state index contributed by atoms with van der Waals surface area (Å²) in [6, 6.07) is 0. The number of allylic oxidation sites excluding steroid dienone is 2. The number of aliphatic hydroxyl groups is 2. The summed E-state index contributed by atoms with van der Waals surface area (Å²) in [5.41, 5.74) is 4.61. The molecule has 4 aliphatic carbocycles. The first-order valence-corrected chi connectivity index (χ1v) is 14.9. The van der Waals surface area contributed by atoms with E-state index < -0.39 is 12.2 Å². The van der Waals surface area contributed by atoms with Gasteiger partial charge in [0.05, 0.1) is 19.3 Å². The van der Waals surface area contributed by atoms with Crippen LogP contribution in [0.25, 0.3) is 0 Å². The van der Waals surface area contributed by atoms with E-state index >= 15 is 0 Å². The Kier molecular flexibility index (Phi) is 8.49. The lowest BCUT2D eigenvalue weighted by atomic mass is 9.36. The fourth-order valence-corrected chi connectivity index (χ4v) is 9.96. The molecule has 1 amide bonds. The molecule has 0 aromatic rings. The van der Waals surface area contributed by atoms with Crippen LogP contribution in [0.1, 0.15) is 99.8 Å². The number of carbonyl (C=O) groups excluding carboxylic acids is 2. The molecule has 4 aliphatic rings. The van der Waals surface area contributed by atoms with Gasteiger partial charge in [-0.3, -0.25) is 14.4 Å². The summed E-state index contributed by atoms with van der Waals surface area (Å²) in [5, 5.41) is 22.7. The second-order valence-corrected chi connectivity index (χ2v) is 14.0. The molecule has 0 saturated heterocycles. The third-order valence-electron chi connectivity index (χ3n) is 11.8. The van der Waals surface area contributed by atoms with Crippen molar-refractivity contribution in [1.82, 2.24) is 5.48 Å². The van der Waals surface area contributed by atoms with Gasteiger partial charge in [-0.15, -0.1) is 0 Å². The maximum atomic E-state index is 13.4. The number of hydrogen-bond acceptors (Lipinski definition) is 6. The van der Waals surface area contributed by atoms with Gasteiger partial charge in [0.1, 0.15) is 6.10 Å². The minimum absolute atomic E-state index is 0.0687. The lowest BCUT2D eigenvalue weighted by Crippen LogP contribution is -2.65. The fourth-order valence-electron chi connectivity index (χ4n) is 9.96. The lowest BCUT2D eigenvalue weighted by molar-refractivity contribution is -0.234. The van der Waals surface area contributed by atoms with Gasteiger partial charge in [-0.05, 0) is 111 Å². The molecule has 0 spiro atoms. The van der Waals surface area contributed by atoms with Gasteiger partial charge in [0.15, 0.2) is 0 Å². The molecule has 7 heteroatoms. The Labute approximate surface area is 234 Å². The van der Waals surface area contributed by atoms with E-state index in [2.05, 4.69) is 39.3 Å². The molecule has 4 saturated carbocycles. The number of rotatable bonds is 6. The van der Waals surface area contributed by atoms with Crippen LogP contribution in [-0.4, -0.2) is 47.5 Å². The second kappa shape index (κ2) is 10.9. The Morgan fingerprint density at radius 3 is 2.36 bits per heavy atom. The van der Waals surface area contributed by atoms with Crippen molar-refractivity contribution in [3.63, 3.8) is 0 Å². The Bertz CT molecular complexity index is 1030. The molecule has 0 radical (unpaired) electrons. The lowest BCUT2D eigenvalue weighted by Gasteiger charge is -2.69. The maximum Gasteiger partial charge on any atom is 0.303 e. The highest BCUT2D eigenvalue weighted by atomic mass is 16.6. The van der Waals surface area contributed by atoms with Gasteiger partial charge in [0.2, 0.25) is 0 Å². The van der Waals surface area contributed by atoms with Crippen LogP contribution >= 0.6 is 0 Å². The number of ether oxygens (including phenoxy) is 1. The van der Waals surface area contributed by atoms with Crippen molar-refractivity contribution < 1.29 is 29.4 Å². The largest absolute Gasteiger partial charge is 0.458 e. The fraction of sp³-hybridized carbons (Fsp3) is 0.812. The van der Waals surface area contributed by atoms with E-state index in [1.165, 1.54) is 19.6 Å². The van der Waals surface area contributed by atoms with Crippen molar-refractivity contribution in [2.24, 2.45) is 39.9 Å². The topological polar surface area (TPSA) is 105 Å². The summed E-state index contributed by atoms with van der Waals surface area (Å²) in [6.07, 6.45) is 6.76. The number of aliphatic hydroxyl groups excluding tert-OH is 2. The monoisotopic (exact) mass is 545 g/mol. The highest BCUT2D eigenvalue weighted by molar-refractivity contribution is 5.94. The molecule has 10 atom stereocenters. The van der Waals surface area contributed by atoms with E-state index in [1.807, 2.05) is 13.8 Å². The molecule has 0 bridgehead atoms. The summed E-state index contributed by atoms with van der Waals surface area (Å²) in [5.74, 6) is -0.110. The molecule has 220 valence electrons. The zero-order valence-electron chi connectivity index (χ0n) is 25.3. The van der Waals surface area contributed by atoms with E-state index in [4.69, 9.17) is 9.57 Å². The number of amides is 1. The first-order valence-electron chi connectivity index (χ1n) is 14.9. The van der Waals surface area contributed by atoms with Crippen LogP contribution in [0.4, 0.5) is 0 Å². The standard InChI is InChI=1S/C32H51NO6/c1-18(2)10-9-11-21(29(37)33-38-8)27-23-16-25(36)28-30(5)14-13-24(35)19(3)22(30)12-15-31(28,6)32(23,7)17-26(27)39-20(4)34/h10,19,22-26,28,35-36H,9,11-17H2,1-8H3,(H,33,37)/b27-21-/t19-,22-,23-,24+,25+,26-,28-,30-,31-,32-/m0/s1. The summed E-state index contributed by atoms with van der Waals surface area (Å²) >= 11 is 0. The third-order valence-corrected chi connectivity index (χ3v) is 11.8. The average Bonchev–Trinajstić information content (AvgIpc) is 3.11. The van der Waals surface area contributed by atoms with Crippen molar-refractivity contribution >= 4 is 11.9 Å². The molecule has 7 nitrogen and oxygen atoms in total. The quantitative estimate of drug-likeness (QED) is 0.182. The van der Waals surface area contributed by atoms with Crippen molar-refractivity contribution in [3.05, 3.63) is 22.8 Å². The van der Waals surface area contributed by atoms with Gasteiger partial charge in [-0.2, -0.15) is 0 Å². The van der Waals surface area contributed by atoms with Gasteiger partial charge < -0.3 is 14.9 Å². The number of hydrogen-bond donors (Lipinski definition) is 3. The van der Waals surface area contributed by atoms with E-state index in [0.717, 1.165) is 31.3 Å². The normalized spacial score (nSPS) is 44.4. The molecule has 0 aromatic heterocycles. The minimum Gasteiger partial charge on any atom is -0.458 e. The van der Waals surface area contributed by atoms with Crippen LogP contribution in [0, 0.1) is 39.9 Å². The van der Waals surface area contributed by atoms with Crippen molar-refractivity contribution in [3.8, 4) is 0 Å². The van der Waals surface area contributed by atoms with Crippen molar-refractivity contribution in [2.45, 2.75) is 118 Å². The molecule has 0 heterocycles. The van der Waals surface area contributed by atoms with Crippen LogP contribution in [0.15, 0.2) is 22.8 Å². The predicted molar refractivity (Wildman–Crippen MR) is 150 cm³/mol. The molecule has 4 fully saturated rings. The van der Waals surface area contributed by atoms with Crippen LogP contribution < -0.4 is 5.48 Å². The Balaban J connectivity index is 1.84. The van der Waals surface area contributed by atoms with Gasteiger partial charge >= 0.3 is 5.97 Å². The van der Waals surface area contributed by atoms with Gasteiger partial charge in [0, 0.05) is 12.5 Å². The van der Waals surface area contributed by atoms with Crippen molar-refractivity contribution in [1.29, 1.82) is 0 Å². The van der Waals surface area contributed by atoms with Gasteiger partial charge in [-0.1, -0.05) is 39.3 Å².